The van der Waals surface area contributed by atoms with Crippen LogP contribution in [0.25, 0.3) is 0 Å². The summed E-state index contributed by atoms with van der Waals surface area (Å²) in [7, 11) is 0. The number of hydrogen-bond acceptors (Lipinski definition) is 8. The first-order valence-electron chi connectivity index (χ1n) is 8.95. The summed E-state index contributed by atoms with van der Waals surface area (Å²) in [4.78, 5) is 14.9. The molecule has 2 unspecified atom stereocenters. The van der Waals surface area contributed by atoms with Gasteiger partial charge in [0.15, 0.2) is 0 Å². The summed E-state index contributed by atoms with van der Waals surface area (Å²) in [6, 6.07) is 0. The molecule has 3 fully saturated rings. The molecule has 25 heavy (non-hydrogen) atoms. The van der Waals surface area contributed by atoms with Crippen LogP contribution in [-0.2, 0) is 9.53 Å². The van der Waals surface area contributed by atoms with Gasteiger partial charge in [-0.15, -0.1) is 5.10 Å². The highest BCUT2D eigenvalue weighted by Gasteiger charge is 2.56. The maximum absolute atomic E-state index is 13.0. The highest BCUT2D eigenvalue weighted by atomic mass is 16.5. The fraction of sp³-hybridized carbons (Fsp3) is 0.867. The number of amides is 1. The van der Waals surface area contributed by atoms with Crippen molar-refractivity contribution in [1.29, 1.82) is 0 Å². The topological polar surface area (TPSA) is 117 Å². The van der Waals surface area contributed by atoms with E-state index in [1.165, 1.54) is 6.33 Å². The number of tetrazole rings is 1. The van der Waals surface area contributed by atoms with Crippen molar-refractivity contribution in [3.8, 4) is 0 Å². The molecule has 4 rings (SSSR count). The summed E-state index contributed by atoms with van der Waals surface area (Å²) >= 11 is 0. The molecule has 4 atom stereocenters. The third kappa shape index (κ3) is 2.73. The Balaban J connectivity index is 1.40. The molecule has 1 aliphatic carbocycles. The second-order valence-electron chi connectivity index (χ2n) is 7.12. The van der Waals surface area contributed by atoms with Crippen molar-refractivity contribution in [3.63, 3.8) is 0 Å². The molecule has 138 valence electrons. The molecule has 1 aromatic heterocycles. The van der Waals surface area contributed by atoms with Crippen molar-refractivity contribution in [1.82, 2.24) is 36.0 Å². The fourth-order valence-electron chi connectivity index (χ4n) is 4.45. The highest BCUT2D eigenvalue weighted by molar-refractivity contribution is 5.80. The van der Waals surface area contributed by atoms with Gasteiger partial charge in [0.25, 0.3) is 0 Å². The molecule has 2 saturated heterocycles. The zero-order valence-electron chi connectivity index (χ0n) is 14.3. The summed E-state index contributed by atoms with van der Waals surface area (Å²) in [5.41, 5.74) is 5.92. The van der Waals surface area contributed by atoms with E-state index in [1.54, 1.807) is 4.68 Å². The third-order valence-corrected chi connectivity index (χ3v) is 6.04. The van der Waals surface area contributed by atoms with Crippen LogP contribution in [0.4, 0.5) is 0 Å². The number of carbonyl (C=O) groups excluding carboxylic acids is 1. The van der Waals surface area contributed by atoms with Crippen molar-refractivity contribution < 1.29 is 14.6 Å². The SMILES string of the molecule is CCO[C@@H]1C[C@H](O)C12CCN(C(=O)C1CNNC1n1cnnn1)CC2. The first-order chi connectivity index (χ1) is 12.2. The van der Waals surface area contributed by atoms with E-state index in [0.29, 0.717) is 32.7 Å². The molecule has 3 aliphatic rings. The van der Waals surface area contributed by atoms with Crippen molar-refractivity contribution in [2.24, 2.45) is 11.3 Å². The van der Waals surface area contributed by atoms with Gasteiger partial charge in [0, 0.05) is 38.1 Å². The molecule has 0 aromatic carbocycles. The fourth-order valence-corrected chi connectivity index (χ4v) is 4.45. The molecule has 2 aliphatic heterocycles. The largest absolute Gasteiger partial charge is 0.392 e. The molecule has 10 nitrogen and oxygen atoms in total. The summed E-state index contributed by atoms with van der Waals surface area (Å²) < 4.78 is 7.36. The molecular formula is C15H25N7O3. The predicted molar refractivity (Wildman–Crippen MR) is 85.8 cm³/mol. The number of aliphatic hydroxyl groups excluding tert-OH is 1. The minimum absolute atomic E-state index is 0.0922. The van der Waals surface area contributed by atoms with Crippen LogP contribution in [-0.4, -0.2) is 74.6 Å². The van der Waals surface area contributed by atoms with Crippen LogP contribution >= 0.6 is 0 Å². The number of aliphatic hydroxyl groups is 1. The Morgan fingerprint density at radius 3 is 2.88 bits per heavy atom. The van der Waals surface area contributed by atoms with Crippen LogP contribution in [0.2, 0.25) is 0 Å². The maximum Gasteiger partial charge on any atom is 0.230 e. The minimum atomic E-state index is -0.315. The summed E-state index contributed by atoms with van der Waals surface area (Å²) in [6.07, 6.45) is 3.30. The number of nitrogens with one attached hydrogen (secondary N) is 2. The Bertz CT molecular complexity index is 600. The van der Waals surface area contributed by atoms with Crippen LogP contribution in [0, 0.1) is 11.3 Å². The molecule has 0 radical (unpaired) electrons. The summed E-state index contributed by atoms with van der Waals surface area (Å²) in [5.74, 6) is -0.166. The van der Waals surface area contributed by atoms with Crippen LogP contribution in [0.15, 0.2) is 6.33 Å². The average Bonchev–Trinajstić information content (AvgIpc) is 3.32. The van der Waals surface area contributed by atoms with Crippen LogP contribution in [0.5, 0.6) is 0 Å². The normalized spacial score (nSPS) is 34.2. The lowest BCUT2D eigenvalue weighted by Crippen LogP contribution is -2.63. The van der Waals surface area contributed by atoms with Gasteiger partial charge in [0.2, 0.25) is 5.91 Å². The summed E-state index contributed by atoms with van der Waals surface area (Å²) in [6.45, 7) is 4.48. The Morgan fingerprint density at radius 2 is 2.24 bits per heavy atom. The number of piperidine rings is 1. The first-order valence-corrected chi connectivity index (χ1v) is 8.95. The van der Waals surface area contributed by atoms with Gasteiger partial charge in [-0.05, 0) is 30.2 Å². The molecule has 1 aromatic rings. The Labute approximate surface area is 145 Å². The Kier molecular flexibility index (Phi) is 4.44. The molecule has 1 saturated carbocycles. The average molecular weight is 351 g/mol. The number of nitrogens with zero attached hydrogens (tertiary/aromatic N) is 5. The van der Waals surface area contributed by atoms with Crippen molar-refractivity contribution in [3.05, 3.63) is 6.33 Å². The molecule has 1 spiro atoms. The second-order valence-corrected chi connectivity index (χ2v) is 7.12. The highest BCUT2D eigenvalue weighted by Crippen LogP contribution is 2.51. The van der Waals surface area contributed by atoms with E-state index in [2.05, 4.69) is 26.4 Å². The standard InChI is InChI=1S/C15H25N7O3/c1-2-25-12-7-11(23)15(12)3-5-21(6-4-15)14(24)10-8-16-18-13(10)22-9-17-19-20-22/h9-13,16,18,23H,2-8H2,1H3/t10?,11-,12+,13?/m0/s1. The lowest BCUT2D eigenvalue weighted by Gasteiger charge is -2.56. The third-order valence-electron chi connectivity index (χ3n) is 6.04. The molecular weight excluding hydrogens is 326 g/mol. The van der Waals surface area contributed by atoms with E-state index in [4.69, 9.17) is 4.74 Å². The van der Waals surface area contributed by atoms with Crippen LogP contribution < -0.4 is 10.9 Å². The van der Waals surface area contributed by atoms with E-state index in [0.717, 1.165) is 12.8 Å². The van der Waals surface area contributed by atoms with Gasteiger partial charge in [-0.3, -0.25) is 10.2 Å². The first kappa shape index (κ1) is 16.8. The monoisotopic (exact) mass is 351 g/mol. The lowest BCUT2D eigenvalue weighted by molar-refractivity contribution is -0.210. The van der Waals surface area contributed by atoms with Gasteiger partial charge in [-0.1, -0.05) is 0 Å². The van der Waals surface area contributed by atoms with E-state index in [1.807, 2.05) is 11.8 Å². The van der Waals surface area contributed by atoms with Crippen molar-refractivity contribution in [2.75, 3.05) is 26.2 Å². The zero-order valence-corrected chi connectivity index (χ0v) is 14.3. The van der Waals surface area contributed by atoms with Crippen LogP contribution in [0.3, 0.4) is 0 Å². The smallest absolute Gasteiger partial charge is 0.230 e. The molecule has 0 bridgehead atoms. The molecule has 3 N–H and O–H groups in total. The van der Waals surface area contributed by atoms with Gasteiger partial charge in [0.05, 0.1) is 18.1 Å². The molecule has 3 heterocycles. The maximum atomic E-state index is 13.0. The number of hydrazine groups is 1. The Morgan fingerprint density at radius 1 is 1.44 bits per heavy atom. The number of rotatable bonds is 4. The van der Waals surface area contributed by atoms with Crippen molar-refractivity contribution in [2.45, 2.75) is 44.6 Å². The number of likely N-dealkylation sites (tertiary alicyclic amines) is 1. The van der Waals surface area contributed by atoms with Gasteiger partial charge in [-0.25, -0.2) is 10.1 Å². The number of hydrogen-bond donors (Lipinski definition) is 3. The van der Waals surface area contributed by atoms with Gasteiger partial charge in [0.1, 0.15) is 12.5 Å². The zero-order chi connectivity index (χ0) is 17.4. The van der Waals surface area contributed by atoms with Gasteiger partial charge < -0.3 is 14.7 Å². The second kappa shape index (κ2) is 6.60. The summed E-state index contributed by atoms with van der Waals surface area (Å²) in [5, 5.41) is 21.5. The Hall–Kier alpha value is -1.62. The molecule has 1 amide bonds. The number of ether oxygens (including phenoxy) is 1. The van der Waals surface area contributed by atoms with E-state index >= 15 is 0 Å². The number of carbonyl (C=O) groups is 1. The minimum Gasteiger partial charge on any atom is -0.392 e. The molecule has 10 heteroatoms. The quantitative estimate of drug-likeness (QED) is 0.611. The predicted octanol–water partition coefficient (Wildman–Crippen LogP) is -1.33. The van der Waals surface area contributed by atoms with Gasteiger partial charge in [-0.2, -0.15) is 0 Å². The van der Waals surface area contributed by atoms with Crippen LogP contribution in [0.1, 0.15) is 32.4 Å². The van der Waals surface area contributed by atoms with E-state index < -0.39 is 0 Å². The van der Waals surface area contributed by atoms with E-state index in [-0.39, 0.29) is 35.6 Å². The van der Waals surface area contributed by atoms with Crippen molar-refractivity contribution >= 4 is 5.91 Å². The number of aromatic nitrogens is 4. The van der Waals surface area contributed by atoms with E-state index in [9.17, 15) is 9.90 Å². The van der Waals surface area contributed by atoms with Gasteiger partial charge >= 0.3 is 0 Å². The lowest BCUT2D eigenvalue weighted by atomic mass is 9.58.